The number of rotatable bonds is 14. The fraction of sp³-hybridized carbons (Fsp3) is 0.250. The van der Waals surface area contributed by atoms with Crippen LogP contribution in [-0.2, 0) is 35.5 Å². The van der Waals surface area contributed by atoms with Crippen LogP contribution in [0.15, 0.2) is 95.6 Å². The predicted octanol–water partition coefficient (Wildman–Crippen LogP) is 3.28. The lowest BCUT2D eigenvalue weighted by Crippen LogP contribution is -2.55. The Labute approximate surface area is 249 Å². The molecule has 3 amide bonds. The summed E-state index contributed by atoms with van der Waals surface area (Å²) >= 11 is 0. The first-order chi connectivity index (χ1) is 20.9. The minimum Gasteiger partial charge on any atom is -0.494 e. The molecular weight excluding hydrogens is 550 g/mol. The van der Waals surface area contributed by atoms with E-state index in [1.54, 1.807) is 24.3 Å². The number of benzene rings is 3. The zero-order valence-electron chi connectivity index (χ0n) is 23.8. The summed E-state index contributed by atoms with van der Waals surface area (Å²) < 4.78 is 15.4. The highest BCUT2D eigenvalue weighted by atomic mass is 16.7. The summed E-state index contributed by atoms with van der Waals surface area (Å²) in [4.78, 5) is 39.7. The van der Waals surface area contributed by atoms with Crippen LogP contribution in [0.1, 0.15) is 29.2 Å². The first kappa shape index (κ1) is 30.8. The highest BCUT2D eigenvalue weighted by Crippen LogP contribution is 2.15. The van der Waals surface area contributed by atoms with Crippen molar-refractivity contribution in [2.45, 2.75) is 44.9 Å². The second kappa shape index (κ2) is 15.7. The molecule has 11 heteroatoms. The molecule has 0 spiro atoms. The summed E-state index contributed by atoms with van der Waals surface area (Å²) in [6.07, 6.45) is 0.777. The van der Waals surface area contributed by atoms with E-state index in [1.165, 1.54) is 12.3 Å². The molecule has 4 rings (SSSR count). The van der Waals surface area contributed by atoms with E-state index in [0.717, 1.165) is 22.3 Å². The van der Waals surface area contributed by atoms with E-state index in [4.69, 9.17) is 19.7 Å². The summed E-state index contributed by atoms with van der Waals surface area (Å²) in [5, 5.41) is 11.8. The molecule has 3 aromatic carbocycles. The number of ether oxygens (including phenoxy) is 2. The molecule has 0 saturated heterocycles. The first-order valence-electron chi connectivity index (χ1n) is 13.9. The second-order valence-electron chi connectivity index (χ2n) is 9.69. The molecule has 11 nitrogen and oxygen atoms in total. The van der Waals surface area contributed by atoms with Gasteiger partial charge in [0.2, 0.25) is 11.8 Å². The normalized spacial score (nSPS) is 12.0. The number of carbonyl (C=O) groups excluding carboxylic acids is 3. The van der Waals surface area contributed by atoms with Gasteiger partial charge in [-0.1, -0.05) is 71.9 Å². The van der Waals surface area contributed by atoms with Crippen molar-refractivity contribution < 1.29 is 28.4 Å². The number of carbonyl (C=O) groups is 3. The summed E-state index contributed by atoms with van der Waals surface area (Å²) in [6.45, 7) is 3.10. The topological polar surface area (TPSA) is 158 Å². The Hall–Kier alpha value is -5.16. The maximum atomic E-state index is 13.7. The van der Waals surface area contributed by atoms with Crippen molar-refractivity contribution in [1.29, 1.82) is 0 Å². The molecule has 2 atom stereocenters. The third-order valence-corrected chi connectivity index (χ3v) is 6.53. The van der Waals surface area contributed by atoms with Gasteiger partial charge in [0.05, 0.1) is 12.8 Å². The average Bonchev–Trinajstić information content (AvgIpc) is 3.54. The van der Waals surface area contributed by atoms with Crippen LogP contribution < -0.4 is 31.2 Å². The molecule has 43 heavy (non-hydrogen) atoms. The maximum Gasteiger partial charge on any atom is 0.415 e. The zero-order valence-corrected chi connectivity index (χ0v) is 23.8. The number of nitrogens with two attached hydrogens (primary N) is 1. The molecule has 4 aromatic rings. The van der Waals surface area contributed by atoms with Crippen molar-refractivity contribution in [3.63, 3.8) is 0 Å². The monoisotopic (exact) mass is 585 g/mol. The van der Waals surface area contributed by atoms with Gasteiger partial charge in [-0.2, -0.15) is 0 Å². The Kier molecular flexibility index (Phi) is 11.3. The third-order valence-electron chi connectivity index (χ3n) is 6.53. The van der Waals surface area contributed by atoms with Crippen LogP contribution in [0.2, 0.25) is 0 Å². The van der Waals surface area contributed by atoms with Gasteiger partial charge in [0.15, 0.2) is 0 Å². The van der Waals surface area contributed by atoms with Crippen LogP contribution in [0.4, 0.5) is 4.79 Å². The molecule has 0 aliphatic heterocycles. The van der Waals surface area contributed by atoms with Crippen LogP contribution >= 0.6 is 0 Å². The van der Waals surface area contributed by atoms with Crippen molar-refractivity contribution >= 4 is 17.9 Å². The number of hydrogen-bond donors (Lipinski definition) is 4. The zero-order chi connectivity index (χ0) is 30.4. The highest BCUT2D eigenvalue weighted by Gasteiger charge is 2.28. The molecule has 1 aromatic heterocycles. The van der Waals surface area contributed by atoms with Crippen LogP contribution in [-0.4, -0.2) is 41.8 Å². The smallest absolute Gasteiger partial charge is 0.415 e. The number of nitrogens with one attached hydrogen (secondary N) is 3. The lowest BCUT2D eigenvalue weighted by molar-refractivity contribution is -0.130. The lowest BCUT2D eigenvalue weighted by Gasteiger charge is -2.23. The lowest BCUT2D eigenvalue weighted by atomic mass is 10.0. The highest BCUT2D eigenvalue weighted by molar-refractivity contribution is 5.91. The fourth-order valence-electron chi connectivity index (χ4n) is 4.29. The number of hydrogen-bond acceptors (Lipinski definition) is 8. The van der Waals surface area contributed by atoms with Gasteiger partial charge < -0.3 is 35.7 Å². The second-order valence-corrected chi connectivity index (χ2v) is 9.69. The number of amides is 3. The summed E-state index contributed by atoms with van der Waals surface area (Å²) in [5.74, 6) is -0.378. The van der Waals surface area contributed by atoms with E-state index in [1.807, 2.05) is 61.5 Å². The predicted molar refractivity (Wildman–Crippen MR) is 159 cm³/mol. The van der Waals surface area contributed by atoms with Gasteiger partial charge in [0.25, 0.3) is 0 Å². The minimum absolute atomic E-state index is 0.122. The van der Waals surface area contributed by atoms with E-state index >= 15 is 0 Å². The fourth-order valence-corrected chi connectivity index (χ4v) is 4.29. The van der Waals surface area contributed by atoms with Gasteiger partial charge in [-0.05, 0) is 41.3 Å². The van der Waals surface area contributed by atoms with Gasteiger partial charge in [-0.3, -0.25) is 9.59 Å². The van der Waals surface area contributed by atoms with Crippen molar-refractivity contribution in [3.8, 4) is 11.7 Å². The Bertz CT molecular complexity index is 1440. The Morgan fingerprint density at radius 1 is 0.791 bits per heavy atom. The van der Waals surface area contributed by atoms with Gasteiger partial charge in [0.1, 0.15) is 17.8 Å². The van der Waals surface area contributed by atoms with E-state index in [0.29, 0.717) is 18.9 Å². The van der Waals surface area contributed by atoms with Crippen molar-refractivity contribution in [2.75, 3.05) is 6.61 Å². The van der Waals surface area contributed by atoms with Crippen LogP contribution in [0, 0.1) is 0 Å². The standard InChI is InChI=1S/C32H35N5O6/c1-2-41-26-14-12-23(13-15-26)19-28(37-32(40)42-29-16-17-35-43-29)31(39)36-27(18-22-6-4-3-5-7-22)30(38)34-21-25-10-8-24(20-33)9-11-25/h3-17,27-28H,2,18-21,33H2,1H3,(H,34,38)(H,36,39)(H,37,40)/t27-,28+/m0/s1. The maximum absolute atomic E-state index is 13.7. The largest absolute Gasteiger partial charge is 0.494 e. The van der Waals surface area contributed by atoms with Crippen LogP contribution in [0.25, 0.3) is 0 Å². The van der Waals surface area contributed by atoms with Gasteiger partial charge >= 0.3 is 12.0 Å². The van der Waals surface area contributed by atoms with Crippen molar-refractivity contribution in [2.24, 2.45) is 5.73 Å². The Morgan fingerprint density at radius 3 is 2.05 bits per heavy atom. The Balaban J connectivity index is 1.50. The third kappa shape index (κ3) is 9.72. The number of aromatic nitrogens is 1. The van der Waals surface area contributed by atoms with Crippen molar-refractivity contribution in [1.82, 2.24) is 21.1 Å². The quantitative estimate of drug-likeness (QED) is 0.176. The summed E-state index contributed by atoms with van der Waals surface area (Å²) in [6, 6.07) is 23.5. The molecular formula is C32H35N5O6. The first-order valence-corrected chi connectivity index (χ1v) is 13.9. The van der Waals surface area contributed by atoms with E-state index in [-0.39, 0.29) is 31.2 Å². The van der Waals surface area contributed by atoms with E-state index in [2.05, 4.69) is 21.1 Å². The molecule has 0 aliphatic carbocycles. The van der Waals surface area contributed by atoms with Gasteiger partial charge in [0, 0.05) is 32.0 Å². The number of nitrogens with zero attached hydrogens (tertiary/aromatic N) is 1. The average molecular weight is 586 g/mol. The molecule has 0 bridgehead atoms. The molecule has 5 N–H and O–H groups in total. The molecule has 224 valence electrons. The SMILES string of the molecule is CCOc1ccc(C[C@@H](NC(=O)Oc2ccno2)C(=O)N[C@@H](Cc2ccccc2)C(=O)NCc2ccc(CN)cc2)cc1. The minimum atomic E-state index is -1.08. The van der Waals surface area contributed by atoms with E-state index in [9.17, 15) is 14.4 Å². The molecule has 0 saturated carbocycles. The Morgan fingerprint density at radius 2 is 1.42 bits per heavy atom. The molecule has 0 fully saturated rings. The summed E-state index contributed by atoms with van der Waals surface area (Å²) in [5.41, 5.74) is 9.17. The molecule has 0 unspecified atom stereocenters. The summed E-state index contributed by atoms with van der Waals surface area (Å²) in [7, 11) is 0. The van der Waals surface area contributed by atoms with Crippen LogP contribution in [0.3, 0.4) is 0 Å². The van der Waals surface area contributed by atoms with Crippen molar-refractivity contribution in [3.05, 3.63) is 113 Å². The van der Waals surface area contributed by atoms with Gasteiger partial charge in [-0.15, -0.1) is 0 Å². The molecule has 1 heterocycles. The molecule has 0 radical (unpaired) electrons. The molecule has 0 aliphatic rings. The van der Waals surface area contributed by atoms with Gasteiger partial charge in [-0.25, -0.2) is 4.79 Å². The van der Waals surface area contributed by atoms with E-state index < -0.39 is 24.1 Å². The van der Waals surface area contributed by atoms with Crippen LogP contribution in [0.5, 0.6) is 11.7 Å².